The second-order valence-corrected chi connectivity index (χ2v) is 13.8. The van der Waals surface area contributed by atoms with Crippen molar-refractivity contribution < 1.29 is 103 Å². The molecular weight excluding hydrogens is 732 g/mol. The first-order valence-corrected chi connectivity index (χ1v) is 17.3. The number of esters is 2. The van der Waals surface area contributed by atoms with Gasteiger partial charge in [0.05, 0.1) is 32.0 Å². The summed E-state index contributed by atoms with van der Waals surface area (Å²) in [6.07, 6.45) is -24.8. The van der Waals surface area contributed by atoms with E-state index in [1.54, 1.807) is 0 Å². The molecule has 4 rings (SSSR count). The van der Waals surface area contributed by atoms with Crippen molar-refractivity contribution in [3.63, 3.8) is 0 Å². The second-order valence-electron chi connectivity index (χ2n) is 13.8. The number of allylic oxidation sites excluding steroid dienone is 1. The van der Waals surface area contributed by atoms with Gasteiger partial charge >= 0.3 is 11.9 Å². The normalized spacial score (nSPS) is 43.1. The number of aliphatic hydroxyl groups is 10. The smallest absolute Gasteiger partial charge is 0.333 e. The van der Waals surface area contributed by atoms with Crippen LogP contribution in [0.3, 0.4) is 0 Å². The number of hydrogen-bond acceptors (Lipinski definition) is 21. The van der Waals surface area contributed by atoms with Gasteiger partial charge < -0.3 is 93.7 Å². The third-order valence-electron chi connectivity index (χ3n) is 9.39. The van der Waals surface area contributed by atoms with Crippen molar-refractivity contribution in [2.75, 3.05) is 26.4 Å². The van der Waals surface area contributed by atoms with Gasteiger partial charge in [0.25, 0.3) is 0 Å². The maximum atomic E-state index is 13.1. The van der Waals surface area contributed by atoms with Gasteiger partial charge in [-0.25, -0.2) is 4.79 Å². The summed E-state index contributed by atoms with van der Waals surface area (Å²) in [6.45, 7) is 5.28. The second kappa shape index (κ2) is 19.3. The zero-order valence-corrected chi connectivity index (χ0v) is 29.9. The van der Waals surface area contributed by atoms with E-state index in [0.717, 1.165) is 6.92 Å². The van der Waals surface area contributed by atoms with Gasteiger partial charge in [-0.1, -0.05) is 12.2 Å². The monoisotopic (exact) mass is 784 g/mol. The molecule has 0 saturated carbocycles. The first-order chi connectivity index (χ1) is 25.4. The van der Waals surface area contributed by atoms with E-state index in [4.69, 9.17) is 42.6 Å². The van der Waals surface area contributed by atoms with Gasteiger partial charge in [-0.2, -0.15) is 0 Å². The third kappa shape index (κ3) is 10.8. The average molecular weight is 785 g/mol. The lowest BCUT2D eigenvalue weighted by Crippen LogP contribution is -2.65. The van der Waals surface area contributed by atoms with E-state index in [9.17, 15) is 60.7 Å². The molecule has 18 atom stereocenters. The molecule has 4 fully saturated rings. The van der Waals surface area contributed by atoms with Crippen molar-refractivity contribution >= 4 is 11.9 Å². The number of rotatable bonds is 14. The maximum Gasteiger partial charge on any atom is 0.333 e. The summed E-state index contributed by atoms with van der Waals surface area (Å²) >= 11 is 0. The van der Waals surface area contributed by atoms with Gasteiger partial charge in [-0.15, -0.1) is 6.58 Å². The fraction of sp³-hybridized carbons (Fsp3) is 0.818. The quantitative estimate of drug-likeness (QED) is 0.0448. The summed E-state index contributed by atoms with van der Waals surface area (Å²) in [5.41, 5.74) is -1.14. The Balaban J connectivity index is 1.44. The minimum absolute atomic E-state index is 0.0624. The zero-order chi connectivity index (χ0) is 40.1. The Kier molecular flexibility index (Phi) is 15.9. The van der Waals surface area contributed by atoms with Crippen molar-refractivity contribution in [1.82, 2.24) is 0 Å². The van der Waals surface area contributed by atoms with E-state index >= 15 is 0 Å². The highest BCUT2D eigenvalue weighted by molar-refractivity contribution is 5.87. The van der Waals surface area contributed by atoms with Crippen LogP contribution in [0.4, 0.5) is 0 Å². The largest absolute Gasteiger partial charge is 0.453 e. The molecule has 4 aliphatic heterocycles. The predicted molar refractivity (Wildman–Crippen MR) is 173 cm³/mol. The number of hydrogen-bond donors (Lipinski definition) is 10. The van der Waals surface area contributed by atoms with Crippen LogP contribution in [0.25, 0.3) is 0 Å². The molecule has 21 heteroatoms. The van der Waals surface area contributed by atoms with Crippen LogP contribution in [0.1, 0.15) is 33.6 Å². The van der Waals surface area contributed by atoms with Gasteiger partial charge in [0, 0.05) is 12.5 Å². The van der Waals surface area contributed by atoms with Gasteiger partial charge in [-0.05, 0) is 26.7 Å². The van der Waals surface area contributed by atoms with Crippen LogP contribution in [0.5, 0.6) is 0 Å². The number of carbonyl (C=O) groups is 2. The van der Waals surface area contributed by atoms with E-state index in [2.05, 4.69) is 6.58 Å². The summed E-state index contributed by atoms with van der Waals surface area (Å²) < 4.78 is 49.5. The van der Waals surface area contributed by atoms with Gasteiger partial charge in [-0.3, -0.25) is 4.79 Å². The Morgan fingerprint density at radius 1 is 0.722 bits per heavy atom. The van der Waals surface area contributed by atoms with Crippen LogP contribution in [-0.4, -0.2) is 200 Å². The van der Waals surface area contributed by atoms with Crippen LogP contribution in [0, 0.1) is 0 Å². The average Bonchev–Trinajstić information content (AvgIpc) is 3.12. The minimum Gasteiger partial charge on any atom is -0.453 e. The topological polar surface area (TPSA) is 320 Å². The molecule has 0 aromatic rings. The molecule has 10 N–H and O–H groups in total. The molecule has 4 heterocycles. The molecule has 310 valence electrons. The summed E-state index contributed by atoms with van der Waals surface area (Å²) in [4.78, 5) is 25.1. The van der Waals surface area contributed by atoms with Crippen molar-refractivity contribution in [2.24, 2.45) is 0 Å². The van der Waals surface area contributed by atoms with Gasteiger partial charge in [0.1, 0.15) is 67.1 Å². The van der Waals surface area contributed by atoms with E-state index in [1.165, 1.54) is 26.0 Å². The lowest BCUT2D eigenvalue weighted by molar-refractivity contribution is -0.369. The standard InChI is InChI=1S/C33H52O21/c1-5-33(4,45)8-6-7-13(2)28(44)52-26-21(40)17(9-34)50-32(49-14(3)35)27(26)54-30-23(42)20(39)18(12-48-30)51-31-24(43)25(16(37)11-47-31)53-29-22(41)19(38)15(36)10-46-29/h5,7,15-27,29-32,34,36-43,45H,1,6,8-12H2,2-4H3/b13-7+. The van der Waals surface area contributed by atoms with Crippen molar-refractivity contribution in [3.8, 4) is 0 Å². The highest BCUT2D eigenvalue weighted by atomic mass is 16.8. The zero-order valence-electron chi connectivity index (χ0n) is 29.9. The van der Waals surface area contributed by atoms with Crippen LogP contribution in [-0.2, 0) is 52.2 Å². The molecule has 0 aromatic heterocycles. The molecule has 0 aliphatic carbocycles. The molecule has 21 nitrogen and oxygen atoms in total. The van der Waals surface area contributed by atoms with Crippen LogP contribution in [0.15, 0.2) is 24.3 Å². The van der Waals surface area contributed by atoms with Crippen molar-refractivity contribution in [1.29, 1.82) is 0 Å². The first kappa shape index (κ1) is 44.5. The van der Waals surface area contributed by atoms with Crippen LogP contribution < -0.4 is 0 Å². The Bertz CT molecular complexity index is 1280. The Morgan fingerprint density at radius 2 is 1.30 bits per heavy atom. The van der Waals surface area contributed by atoms with E-state index in [1.807, 2.05) is 0 Å². The minimum atomic E-state index is -1.96. The lowest BCUT2D eigenvalue weighted by Gasteiger charge is -2.46. The maximum absolute atomic E-state index is 13.1. The molecular formula is C33H52O21. The molecule has 0 radical (unpaired) electrons. The molecule has 0 aromatic carbocycles. The summed E-state index contributed by atoms with van der Waals surface area (Å²) in [5, 5.41) is 104. The van der Waals surface area contributed by atoms with Crippen molar-refractivity contribution in [3.05, 3.63) is 24.3 Å². The fourth-order valence-electron chi connectivity index (χ4n) is 6.01. The SMILES string of the molecule is C=CC(C)(O)CC/C=C(\C)C(=O)OC1C(O)C(CO)OC(OC(C)=O)C1OC1OCC(OC2OCC(O)C(OC3OCC(O)C(O)C3O)C2O)C(O)C1O. The van der Waals surface area contributed by atoms with Crippen LogP contribution >= 0.6 is 0 Å². The van der Waals surface area contributed by atoms with E-state index in [-0.39, 0.29) is 18.4 Å². The molecule has 4 aliphatic rings. The molecule has 0 amide bonds. The molecule has 4 saturated heterocycles. The lowest BCUT2D eigenvalue weighted by atomic mass is 9.97. The predicted octanol–water partition coefficient (Wildman–Crippen LogP) is -5.05. The van der Waals surface area contributed by atoms with E-state index in [0.29, 0.717) is 0 Å². The Hall–Kier alpha value is -2.26. The highest BCUT2D eigenvalue weighted by Crippen LogP contribution is 2.32. The third-order valence-corrected chi connectivity index (χ3v) is 9.39. The first-order valence-electron chi connectivity index (χ1n) is 17.3. The number of aliphatic hydroxyl groups excluding tert-OH is 9. The Morgan fingerprint density at radius 3 is 1.91 bits per heavy atom. The summed E-state index contributed by atoms with van der Waals surface area (Å²) in [5.74, 6) is -1.85. The summed E-state index contributed by atoms with van der Waals surface area (Å²) in [7, 11) is 0. The molecule has 54 heavy (non-hydrogen) atoms. The number of ether oxygens (including phenoxy) is 9. The highest BCUT2D eigenvalue weighted by Gasteiger charge is 2.54. The molecule has 0 bridgehead atoms. The van der Waals surface area contributed by atoms with Crippen LogP contribution in [0.2, 0.25) is 0 Å². The Labute approximate surface area is 309 Å². The van der Waals surface area contributed by atoms with Gasteiger partial charge in [0.2, 0.25) is 6.29 Å². The summed E-state index contributed by atoms with van der Waals surface area (Å²) in [6, 6.07) is 0. The fourth-order valence-corrected chi connectivity index (χ4v) is 6.01. The van der Waals surface area contributed by atoms with E-state index < -0.39 is 148 Å². The van der Waals surface area contributed by atoms with Gasteiger partial charge in [0.15, 0.2) is 31.1 Å². The molecule has 18 unspecified atom stereocenters. The number of carbonyl (C=O) groups excluding carboxylic acids is 2. The molecule has 0 spiro atoms. The van der Waals surface area contributed by atoms with Crippen molar-refractivity contribution in [2.45, 2.75) is 144 Å².